The van der Waals surface area contributed by atoms with E-state index in [-0.39, 0.29) is 0 Å². The van der Waals surface area contributed by atoms with Crippen LogP contribution in [-0.4, -0.2) is 14.6 Å². The molecule has 0 aliphatic heterocycles. The number of aromatic nitrogens is 3. The predicted octanol–water partition coefficient (Wildman–Crippen LogP) is 8.86. The van der Waals surface area contributed by atoms with Gasteiger partial charge in [0.15, 0.2) is 0 Å². The first-order valence-electron chi connectivity index (χ1n) is 12.2. The molecule has 0 bridgehead atoms. The smallest absolute Gasteiger partial charge is 0.219 e. The van der Waals surface area contributed by atoms with E-state index in [1.54, 1.807) is 11.3 Å². The van der Waals surface area contributed by atoms with Crippen LogP contribution in [0.5, 0.6) is 11.6 Å². The van der Waals surface area contributed by atoms with Gasteiger partial charge in [0, 0.05) is 48.6 Å². The van der Waals surface area contributed by atoms with Crippen molar-refractivity contribution in [1.82, 2.24) is 14.6 Å². The van der Waals surface area contributed by atoms with Gasteiger partial charge in [0.05, 0.1) is 22.9 Å². The molecule has 0 aliphatic rings. The molecule has 8 rings (SSSR count). The first-order valence-corrected chi connectivity index (χ1v) is 13.0. The van der Waals surface area contributed by atoms with Crippen molar-refractivity contribution < 1.29 is 4.74 Å². The number of thiophene rings is 1. The molecule has 0 spiro atoms. The molecule has 0 saturated heterocycles. The molecule has 0 fully saturated rings. The van der Waals surface area contributed by atoms with Gasteiger partial charge in [-0.15, -0.1) is 11.3 Å². The Morgan fingerprint density at radius 1 is 0.622 bits per heavy atom. The molecular formula is C32H19N3OS. The fourth-order valence-electron chi connectivity index (χ4n) is 5.31. The third-order valence-electron chi connectivity index (χ3n) is 6.96. The summed E-state index contributed by atoms with van der Waals surface area (Å²) >= 11 is 1.81. The topological polar surface area (TPSA) is 39.4 Å². The SMILES string of the molecule is c1cc(Oc2ccc3c4ccccc4c4ccnn4c3c2)nc(-c2cccc3c2sc2ccccc23)c1. The van der Waals surface area contributed by atoms with Crippen LogP contribution in [0.3, 0.4) is 0 Å². The number of hydrogen-bond donors (Lipinski definition) is 0. The molecule has 37 heavy (non-hydrogen) atoms. The third kappa shape index (κ3) is 3.14. The lowest BCUT2D eigenvalue weighted by Crippen LogP contribution is -1.94. The molecule has 4 heterocycles. The van der Waals surface area contributed by atoms with Crippen molar-refractivity contribution in [3.63, 3.8) is 0 Å². The molecule has 0 atom stereocenters. The fraction of sp³-hybridized carbons (Fsp3) is 0. The number of nitrogens with zero attached hydrogens (tertiary/aromatic N) is 3. The Kier molecular flexibility index (Phi) is 4.36. The molecule has 0 N–H and O–H groups in total. The first kappa shape index (κ1) is 20.5. The van der Waals surface area contributed by atoms with E-state index < -0.39 is 0 Å². The van der Waals surface area contributed by atoms with Crippen molar-refractivity contribution in [3.8, 4) is 22.9 Å². The maximum atomic E-state index is 6.31. The Morgan fingerprint density at radius 3 is 2.35 bits per heavy atom. The number of rotatable bonds is 3. The van der Waals surface area contributed by atoms with E-state index in [1.807, 2.05) is 41.0 Å². The lowest BCUT2D eigenvalue weighted by Gasteiger charge is -2.11. The van der Waals surface area contributed by atoms with Crippen LogP contribution in [-0.2, 0) is 0 Å². The van der Waals surface area contributed by atoms with Gasteiger partial charge < -0.3 is 4.74 Å². The minimum Gasteiger partial charge on any atom is -0.439 e. The molecular weight excluding hydrogens is 474 g/mol. The lowest BCUT2D eigenvalue weighted by molar-refractivity contribution is 0.464. The molecule has 4 aromatic heterocycles. The largest absolute Gasteiger partial charge is 0.439 e. The summed E-state index contributed by atoms with van der Waals surface area (Å²) in [7, 11) is 0. The monoisotopic (exact) mass is 493 g/mol. The molecule has 0 aliphatic carbocycles. The van der Waals surface area contributed by atoms with E-state index in [0.29, 0.717) is 5.88 Å². The number of hydrogen-bond acceptors (Lipinski definition) is 4. The maximum absolute atomic E-state index is 6.31. The van der Waals surface area contributed by atoms with E-state index in [2.05, 4.69) is 84.0 Å². The van der Waals surface area contributed by atoms with Gasteiger partial charge >= 0.3 is 0 Å². The zero-order chi connectivity index (χ0) is 24.3. The molecule has 5 heteroatoms. The van der Waals surface area contributed by atoms with E-state index in [0.717, 1.165) is 33.4 Å². The quantitative estimate of drug-likeness (QED) is 0.231. The normalized spacial score (nSPS) is 11.8. The van der Waals surface area contributed by atoms with E-state index in [9.17, 15) is 0 Å². The van der Waals surface area contributed by atoms with Crippen molar-refractivity contribution in [3.05, 3.63) is 115 Å². The average Bonchev–Trinajstić information content (AvgIpc) is 3.59. The second-order valence-corrected chi connectivity index (χ2v) is 10.1. The van der Waals surface area contributed by atoms with Crippen molar-refractivity contribution >= 4 is 58.7 Å². The Bertz CT molecular complexity index is 2140. The maximum Gasteiger partial charge on any atom is 0.219 e. The second-order valence-electron chi connectivity index (χ2n) is 9.10. The van der Waals surface area contributed by atoms with Gasteiger partial charge in [0.1, 0.15) is 5.75 Å². The summed E-state index contributed by atoms with van der Waals surface area (Å²) < 4.78 is 10.8. The van der Waals surface area contributed by atoms with Gasteiger partial charge in [-0.3, -0.25) is 0 Å². The van der Waals surface area contributed by atoms with Crippen LogP contribution in [0.15, 0.2) is 115 Å². The molecule has 0 amide bonds. The Morgan fingerprint density at radius 2 is 1.41 bits per heavy atom. The summed E-state index contributed by atoms with van der Waals surface area (Å²) in [5.74, 6) is 1.29. The van der Waals surface area contributed by atoms with E-state index >= 15 is 0 Å². The number of fused-ring (bicyclic) bond motifs is 9. The third-order valence-corrected chi connectivity index (χ3v) is 8.18. The van der Waals surface area contributed by atoms with Gasteiger partial charge in [0.25, 0.3) is 0 Å². The van der Waals surface area contributed by atoms with E-state index in [1.165, 1.54) is 30.9 Å². The summed E-state index contributed by atoms with van der Waals surface area (Å²) in [6.07, 6.45) is 1.84. The van der Waals surface area contributed by atoms with Crippen LogP contribution in [0, 0.1) is 0 Å². The van der Waals surface area contributed by atoms with Crippen LogP contribution in [0.2, 0.25) is 0 Å². The van der Waals surface area contributed by atoms with Crippen molar-refractivity contribution in [1.29, 1.82) is 0 Å². The molecule has 8 aromatic rings. The fourth-order valence-corrected chi connectivity index (χ4v) is 6.53. The Hall–Kier alpha value is -4.74. The van der Waals surface area contributed by atoms with Crippen molar-refractivity contribution in [2.24, 2.45) is 0 Å². The highest BCUT2D eigenvalue weighted by atomic mass is 32.1. The summed E-state index contributed by atoms with van der Waals surface area (Å²) in [5.41, 5.74) is 4.10. The first-order chi connectivity index (χ1) is 18.3. The van der Waals surface area contributed by atoms with Gasteiger partial charge in [-0.25, -0.2) is 9.50 Å². The second kappa shape index (κ2) is 7.88. The van der Waals surface area contributed by atoms with E-state index in [4.69, 9.17) is 9.72 Å². The lowest BCUT2D eigenvalue weighted by atomic mass is 10.0. The summed E-state index contributed by atoms with van der Waals surface area (Å²) in [6.45, 7) is 0. The molecule has 0 unspecified atom stereocenters. The van der Waals surface area contributed by atoms with Gasteiger partial charge in [-0.2, -0.15) is 5.10 Å². The van der Waals surface area contributed by atoms with Crippen LogP contribution in [0.1, 0.15) is 0 Å². The van der Waals surface area contributed by atoms with Gasteiger partial charge in [-0.1, -0.05) is 66.7 Å². The average molecular weight is 494 g/mol. The zero-order valence-corrected chi connectivity index (χ0v) is 20.4. The van der Waals surface area contributed by atoms with Gasteiger partial charge in [0.2, 0.25) is 5.88 Å². The van der Waals surface area contributed by atoms with Crippen LogP contribution in [0.25, 0.3) is 58.6 Å². The molecule has 4 nitrogen and oxygen atoms in total. The summed E-state index contributed by atoms with van der Waals surface area (Å²) in [6, 6.07) is 37.6. The minimum absolute atomic E-state index is 0.562. The molecule has 174 valence electrons. The Labute approximate surface area is 216 Å². The van der Waals surface area contributed by atoms with Crippen LogP contribution < -0.4 is 4.74 Å². The number of pyridine rings is 2. The molecule has 0 radical (unpaired) electrons. The summed E-state index contributed by atoms with van der Waals surface area (Å²) in [4.78, 5) is 4.90. The number of benzene rings is 4. The van der Waals surface area contributed by atoms with Gasteiger partial charge in [-0.05, 0) is 35.7 Å². The molecule has 4 aromatic carbocycles. The van der Waals surface area contributed by atoms with Crippen LogP contribution in [0.4, 0.5) is 0 Å². The highest BCUT2D eigenvalue weighted by Crippen LogP contribution is 2.40. The Balaban J connectivity index is 1.23. The minimum atomic E-state index is 0.562. The molecule has 0 saturated carbocycles. The highest BCUT2D eigenvalue weighted by Gasteiger charge is 2.13. The standard InChI is InChI=1S/C32H19N3OS/c1-2-8-22-21(7-1)23-16-15-20(19-29(23)35-28(22)17-18-33-35)36-31-14-6-12-27(34-31)26-11-5-10-25-24-9-3-4-13-30(24)37-32(25)26/h1-19H. The van der Waals surface area contributed by atoms with Crippen molar-refractivity contribution in [2.45, 2.75) is 0 Å². The zero-order valence-electron chi connectivity index (χ0n) is 19.6. The summed E-state index contributed by atoms with van der Waals surface area (Å²) in [5, 5.41) is 10.7. The number of ether oxygens (including phenoxy) is 1. The predicted molar refractivity (Wildman–Crippen MR) is 153 cm³/mol. The highest BCUT2D eigenvalue weighted by molar-refractivity contribution is 7.26. The van der Waals surface area contributed by atoms with Crippen LogP contribution >= 0.6 is 11.3 Å². The van der Waals surface area contributed by atoms with Crippen molar-refractivity contribution in [2.75, 3.05) is 0 Å².